The van der Waals surface area contributed by atoms with Crippen LogP contribution in [-0.2, 0) is 16.6 Å². The highest BCUT2D eigenvalue weighted by Gasteiger charge is 2.30. The lowest BCUT2D eigenvalue weighted by Crippen LogP contribution is -2.54. The quantitative estimate of drug-likeness (QED) is 0.514. The molecule has 0 bridgehead atoms. The van der Waals surface area contributed by atoms with E-state index in [0.29, 0.717) is 23.4 Å². The van der Waals surface area contributed by atoms with E-state index in [1.54, 1.807) is 60.5 Å². The van der Waals surface area contributed by atoms with Crippen molar-refractivity contribution >= 4 is 26.8 Å². The third-order valence-corrected chi connectivity index (χ3v) is 7.57. The van der Waals surface area contributed by atoms with Crippen molar-refractivity contribution in [2.75, 3.05) is 13.7 Å². The third kappa shape index (κ3) is 5.56. The first-order valence-electron chi connectivity index (χ1n) is 11.5. The van der Waals surface area contributed by atoms with Crippen LogP contribution in [0.15, 0.2) is 65.6 Å². The van der Waals surface area contributed by atoms with Crippen LogP contribution in [0.3, 0.4) is 0 Å². The number of carbonyl (C=O) groups is 1. The van der Waals surface area contributed by atoms with Crippen LogP contribution in [0.5, 0.6) is 5.75 Å². The molecule has 2 amide bonds. The minimum atomic E-state index is -4.07. The Bertz CT molecular complexity index is 1380. The topological polar surface area (TPSA) is 103 Å². The van der Waals surface area contributed by atoms with Crippen molar-refractivity contribution in [3.63, 3.8) is 0 Å². The Hall–Kier alpha value is -3.61. The summed E-state index contributed by atoms with van der Waals surface area (Å²) in [5.74, 6) is 0.679. The first-order valence-corrected chi connectivity index (χ1v) is 13.0. The zero-order valence-electron chi connectivity index (χ0n) is 19.8. The van der Waals surface area contributed by atoms with E-state index in [9.17, 15) is 18.5 Å². The molecule has 1 fully saturated rings. The second-order valence-corrected chi connectivity index (χ2v) is 10.3. The van der Waals surface area contributed by atoms with Gasteiger partial charge in [0.05, 0.1) is 30.2 Å². The summed E-state index contributed by atoms with van der Waals surface area (Å²) in [6.45, 7) is 2.52. The van der Waals surface area contributed by atoms with Crippen LogP contribution in [0.2, 0.25) is 0 Å². The summed E-state index contributed by atoms with van der Waals surface area (Å²) in [5, 5.41) is 11.9. The third-order valence-electron chi connectivity index (χ3n) is 6.24. The molecule has 8 nitrogen and oxygen atoms in total. The van der Waals surface area contributed by atoms with Crippen LogP contribution in [0.25, 0.3) is 10.8 Å². The summed E-state index contributed by atoms with van der Waals surface area (Å²) >= 11 is 0. The number of methoxy groups -OCH3 is 1. The van der Waals surface area contributed by atoms with Crippen LogP contribution in [0, 0.1) is 11.3 Å². The van der Waals surface area contributed by atoms with E-state index in [4.69, 9.17) is 4.74 Å². The molecule has 0 radical (unpaired) electrons. The SMILES string of the molecule is COc1ccc2cc(S(=O)(=O)NN(Cc3cccc(C#N)c3)C(=O)N3CCCCC3C)ccc2c1. The maximum atomic E-state index is 13.5. The Morgan fingerprint density at radius 3 is 2.66 bits per heavy atom. The predicted molar refractivity (Wildman–Crippen MR) is 133 cm³/mol. The number of rotatable bonds is 6. The zero-order valence-corrected chi connectivity index (χ0v) is 20.6. The number of piperidine rings is 1. The second-order valence-electron chi connectivity index (χ2n) is 8.69. The average molecular weight is 493 g/mol. The summed E-state index contributed by atoms with van der Waals surface area (Å²) in [6, 6.07) is 18.6. The number of hydrazine groups is 1. The lowest BCUT2D eigenvalue weighted by molar-refractivity contribution is 0.111. The van der Waals surface area contributed by atoms with Crippen molar-refractivity contribution in [1.82, 2.24) is 14.7 Å². The van der Waals surface area contributed by atoms with Crippen molar-refractivity contribution in [2.24, 2.45) is 0 Å². The van der Waals surface area contributed by atoms with Gasteiger partial charge >= 0.3 is 6.03 Å². The van der Waals surface area contributed by atoms with E-state index >= 15 is 0 Å². The van der Waals surface area contributed by atoms with Gasteiger partial charge in [-0.3, -0.25) is 0 Å². The number of amides is 2. The Kier molecular flexibility index (Phi) is 7.24. The number of likely N-dealkylation sites (tertiary alicyclic amines) is 1. The van der Waals surface area contributed by atoms with Crippen LogP contribution < -0.4 is 9.57 Å². The van der Waals surface area contributed by atoms with Gasteiger partial charge in [-0.1, -0.05) is 24.3 Å². The number of sulfonamides is 1. The molecule has 0 aliphatic carbocycles. The monoisotopic (exact) mass is 492 g/mol. The lowest BCUT2D eigenvalue weighted by Gasteiger charge is -2.37. The highest BCUT2D eigenvalue weighted by molar-refractivity contribution is 7.89. The number of fused-ring (bicyclic) bond motifs is 1. The van der Waals surface area contributed by atoms with E-state index in [0.717, 1.165) is 35.0 Å². The molecule has 0 saturated carbocycles. The molecule has 0 aromatic heterocycles. The fourth-order valence-corrected chi connectivity index (χ4v) is 5.36. The minimum absolute atomic E-state index is 0.00402. The maximum absolute atomic E-state index is 13.5. The summed E-state index contributed by atoms with van der Waals surface area (Å²) in [5.41, 5.74) is 1.09. The van der Waals surface area contributed by atoms with Gasteiger partial charge in [0.1, 0.15) is 5.75 Å². The first kappa shape index (κ1) is 24.5. The molecule has 1 aliphatic rings. The highest BCUT2D eigenvalue weighted by atomic mass is 32.2. The van der Waals surface area contributed by atoms with Gasteiger partial charge in [0.15, 0.2) is 0 Å². The van der Waals surface area contributed by atoms with Crippen LogP contribution >= 0.6 is 0 Å². The molecule has 3 aromatic rings. The van der Waals surface area contributed by atoms with Gasteiger partial charge in [0.2, 0.25) is 0 Å². The minimum Gasteiger partial charge on any atom is -0.497 e. The molecule has 1 heterocycles. The van der Waals surface area contributed by atoms with E-state index < -0.39 is 16.1 Å². The first-order chi connectivity index (χ1) is 16.8. The second kappa shape index (κ2) is 10.3. The number of urea groups is 1. The maximum Gasteiger partial charge on any atom is 0.335 e. The smallest absolute Gasteiger partial charge is 0.335 e. The summed E-state index contributed by atoms with van der Waals surface area (Å²) in [7, 11) is -2.50. The van der Waals surface area contributed by atoms with Gasteiger partial charge in [0.25, 0.3) is 10.0 Å². The normalized spacial score (nSPS) is 16.0. The molecule has 182 valence electrons. The number of carbonyl (C=O) groups excluding carboxylic acids is 1. The van der Waals surface area contributed by atoms with Gasteiger partial charge in [-0.2, -0.15) is 5.26 Å². The van der Waals surface area contributed by atoms with Crippen LogP contribution in [0.4, 0.5) is 4.79 Å². The van der Waals surface area contributed by atoms with E-state index in [-0.39, 0.29) is 17.5 Å². The summed E-state index contributed by atoms with van der Waals surface area (Å²) in [6.07, 6.45) is 2.77. The van der Waals surface area contributed by atoms with Crippen molar-refractivity contribution < 1.29 is 17.9 Å². The van der Waals surface area contributed by atoms with E-state index in [2.05, 4.69) is 10.9 Å². The molecular weight excluding hydrogens is 464 g/mol. The summed E-state index contributed by atoms with van der Waals surface area (Å²) < 4.78 is 32.0. The van der Waals surface area contributed by atoms with E-state index in [1.807, 2.05) is 13.0 Å². The molecule has 1 unspecified atom stereocenters. The van der Waals surface area contributed by atoms with Crippen LogP contribution in [0.1, 0.15) is 37.3 Å². The van der Waals surface area contributed by atoms with Gasteiger partial charge in [0, 0.05) is 12.6 Å². The van der Waals surface area contributed by atoms with Gasteiger partial charge in [-0.25, -0.2) is 18.2 Å². The number of hydrogen-bond donors (Lipinski definition) is 1. The van der Waals surface area contributed by atoms with E-state index in [1.165, 1.54) is 6.07 Å². The van der Waals surface area contributed by atoms with Crippen molar-refractivity contribution in [3.05, 3.63) is 71.8 Å². The molecule has 3 aromatic carbocycles. The number of hydrogen-bond acceptors (Lipinski definition) is 5. The van der Waals surface area contributed by atoms with Crippen LogP contribution in [-0.4, -0.2) is 44.1 Å². The number of nitrogens with one attached hydrogen (secondary N) is 1. The number of nitriles is 1. The lowest BCUT2D eigenvalue weighted by atomic mass is 10.0. The number of ether oxygens (including phenoxy) is 1. The van der Waals surface area contributed by atoms with Crippen molar-refractivity contribution in [2.45, 2.75) is 43.7 Å². The molecule has 35 heavy (non-hydrogen) atoms. The largest absolute Gasteiger partial charge is 0.497 e. The Morgan fingerprint density at radius 1 is 1.14 bits per heavy atom. The van der Waals surface area contributed by atoms with Crippen molar-refractivity contribution in [1.29, 1.82) is 5.26 Å². The molecule has 1 aliphatic heterocycles. The van der Waals surface area contributed by atoms with Gasteiger partial charge in [-0.05, 0) is 78.9 Å². The Balaban J connectivity index is 1.66. The number of benzene rings is 3. The van der Waals surface area contributed by atoms with Gasteiger partial charge in [-0.15, -0.1) is 4.83 Å². The average Bonchev–Trinajstić information content (AvgIpc) is 2.87. The molecule has 1 N–H and O–H groups in total. The predicted octanol–water partition coefficient (Wildman–Crippen LogP) is 4.41. The van der Waals surface area contributed by atoms with Gasteiger partial charge < -0.3 is 9.64 Å². The van der Waals surface area contributed by atoms with Crippen molar-refractivity contribution in [3.8, 4) is 11.8 Å². The highest BCUT2D eigenvalue weighted by Crippen LogP contribution is 2.25. The Labute approximate surface area is 205 Å². The zero-order chi connectivity index (χ0) is 25.0. The molecule has 9 heteroatoms. The number of nitrogens with zero attached hydrogens (tertiary/aromatic N) is 3. The summed E-state index contributed by atoms with van der Waals surface area (Å²) in [4.78, 5) is 17.8. The molecule has 1 saturated heterocycles. The molecule has 1 atom stereocenters. The molecule has 4 rings (SSSR count). The fourth-order valence-electron chi connectivity index (χ4n) is 4.29. The standard InChI is InChI=1S/C26H28N4O4S/c1-19-6-3-4-13-29(19)26(31)30(18-21-8-5-7-20(14-21)17-27)28-35(32,33)25-12-10-22-15-24(34-2)11-9-23(22)16-25/h5,7-12,14-16,19,28H,3-4,6,13,18H2,1-2H3. The molecular formula is C26H28N4O4S. The molecule has 0 spiro atoms. The fraction of sp³-hybridized carbons (Fsp3) is 0.308. The Morgan fingerprint density at radius 2 is 1.91 bits per heavy atom.